The molecule has 0 atom stereocenters. The Balaban J connectivity index is 0.000000423. The highest BCUT2D eigenvalue weighted by Gasteiger charge is 2.38. The van der Waals surface area contributed by atoms with Crippen LogP contribution >= 0.6 is 0 Å². The molecule has 0 saturated carbocycles. The number of benzene rings is 2. The van der Waals surface area contributed by atoms with Crippen LogP contribution in [0.15, 0.2) is 48.5 Å². The summed E-state index contributed by atoms with van der Waals surface area (Å²) >= 11 is 0. The monoisotopic (exact) mass is 437 g/mol. The Morgan fingerprint density at radius 1 is 1.00 bits per heavy atom. The van der Waals surface area contributed by atoms with Crippen molar-refractivity contribution in [3.05, 3.63) is 54.1 Å². The molecule has 2 amide bonds. The number of hydrogen-bond acceptors (Lipinski definition) is 4. The van der Waals surface area contributed by atoms with E-state index in [4.69, 9.17) is 9.90 Å². The van der Waals surface area contributed by atoms with E-state index in [1.165, 1.54) is 6.92 Å². The van der Waals surface area contributed by atoms with Crippen LogP contribution in [-0.4, -0.2) is 60.1 Å². The van der Waals surface area contributed by atoms with Crippen LogP contribution in [0.1, 0.15) is 17.3 Å². The minimum Gasteiger partial charge on any atom is -0.475 e. The van der Waals surface area contributed by atoms with Crippen LogP contribution in [0.2, 0.25) is 0 Å². The summed E-state index contributed by atoms with van der Waals surface area (Å²) < 4.78 is 31.7. The fraction of sp³-hybridized carbons (Fsp3) is 0.286. The number of carbonyl (C=O) groups excluding carboxylic acids is 2. The van der Waals surface area contributed by atoms with Crippen LogP contribution in [0, 0.1) is 0 Å². The maximum atomic E-state index is 12.5. The van der Waals surface area contributed by atoms with Gasteiger partial charge in [-0.1, -0.05) is 24.3 Å². The first-order chi connectivity index (χ1) is 14.6. The highest BCUT2D eigenvalue weighted by Crippen LogP contribution is 2.23. The molecule has 1 aliphatic rings. The molecule has 166 valence electrons. The third kappa shape index (κ3) is 7.41. The second-order valence-corrected chi connectivity index (χ2v) is 6.68. The Morgan fingerprint density at radius 2 is 1.58 bits per heavy atom. The van der Waals surface area contributed by atoms with Gasteiger partial charge in [0.1, 0.15) is 0 Å². The minimum atomic E-state index is -5.08. The van der Waals surface area contributed by atoms with Crippen molar-refractivity contribution in [2.75, 3.05) is 31.5 Å². The average molecular weight is 437 g/mol. The lowest BCUT2D eigenvalue weighted by atomic mass is 10.0. The van der Waals surface area contributed by atoms with Gasteiger partial charge in [0.2, 0.25) is 5.91 Å². The summed E-state index contributed by atoms with van der Waals surface area (Å²) in [6.07, 6.45) is -5.08. The van der Waals surface area contributed by atoms with Crippen molar-refractivity contribution in [1.82, 2.24) is 10.2 Å². The van der Waals surface area contributed by atoms with E-state index >= 15 is 0 Å². The maximum absolute atomic E-state index is 12.5. The predicted molar refractivity (Wildman–Crippen MR) is 109 cm³/mol. The molecule has 3 N–H and O–H groups in total. The number of halogens is 3. The standard InChI is InChI=1S/C19H21N3O2.C2HF3O2/c1-14(23)21-18-4-2-3-17(13-18)15-5-7-16(8-6-15)19(24)22-11-9-20-10-12-22;3-2(4,5)1(6)7/h2-8,13,20H,9-12H2,1H3,(H,21,23);(H,6,7). The number of piperazine rings is 1. The summed E-state index contributed by atoms with van der Waals surface area (Å²) in [5, 5.41) is 13.2. The first-order valence-electron chi connectivity index (χ1n) is 9.36. The Labute approximate surface area is 176 Å². The van der Waals surface area contributed by atoms with Gasteiger partial charge in [-0.05, 0) is 35.4 Å². The van der Waals surface area contributed by atoms with Gasteiger partial charge < -0.3 is 20.6 Å². The Kier molecular flexibility index (Phi) is 8.14. The lowest BCUT2D eigenvalue weighted by Crippen LogP contribution is -2.46. The van der Waals surface area contributed by atoms with E-state index in [2.05, 4.69) is 10.6 Å². The molecule has 10 heteroatoms. The quantitative estimate of drug-likeness (QED) is 0.686. The van der Waals surface area contributed by atoms with Crippen molar-refractivity contribution >= 4 is 23.5 Å². The van der Waals surface area contributed by atoms with Crippen molar-refractivity contribution in [2.24, 2.45) is 0 Å². The minimum absolute atomic E-state index is 0.0787. The third-order valence-corrected chi connectivity index (χ3v) is 4.29. The second-order valence-electron chi connectivity index (χ2n) is 6.68. The molecule has 0 unspecified atom stereocenters. The zero-order chi connectivity index (χ0) is 23.0. The zero-order valence-corrected chi connectivity index (χ0v) is 16.7. The van der Waals surface area contributed by atoms with E-state index in [9.17, 15) is 22.8 Å². The van der Waals surface area contributed by atoms with Crippen molar-refractivity contribution < 1.29 is 32.7 Å². The molecule has 31 heavy (non-hydrogen) atoms. The molecule has 2 aromatic carbocycles. The van der Waals surface area contributed by atoms with Crippen LogP contribution in [0.4, 0.5) is 18.9 Å². The molecule has 1 heterocycles. The number of amides is 2. The zero-order valence-electron chi connectivity index (χ0n) is 16.7. The van der Waals surface area contributed by atoms with Gasteiger partial charge in [-0.25, -0.2) is 4.79 Å². The number of nitrogens with one attached hydrogen (secondary N) is 2. The molecule has 1 saturated heterocycles. The van der Waals surface area contributed by atoms with Crippen LogP contribution in [0.3, 0.4) is 0 Å². The molecule has 2 aromatic rings. The summed E-state index contributed by atoms with van der Waals surface area (Å²) in [5.74, 6) is -2.77. The van der Waals surface area contributed by atoms with Crippen molar-refractivity contribution in [3.63, 3.8) is 0 Å². The van der Waals surface area contributed by atoms with Gasteiger partial charge in [0.25, 0.3) is 5.91 Å². The lowest BCUT2D eigenvalue weighted by Gasteiger charge is -2.27. The molecule has 0 aromatic heterocycles. The highest BCUT2D eigenvalue weighted by molar-refractivity contribution is 5.95. The number of carbonyl (C=O) groups is 3. The maximum Gasteiger partial charge on any atom is 0.490 e. The van der Waals surface area contributed by atoms with Gasteiger partial charge in [-0.3, -0.25) is 9.59 Å². The largest absolute Gasteiger partial charge is 0.490 e. The molecule has 1 fully saturated rings. The second kappa shape index (κ2) is 10.6. The highest BCUT2D eigenvalue weighted by atomic mass is 19.4. The van der Waals surface area contributed by atoms with E-state index in [-0.39, 0.29) is 11.8 Å². The van der Waals surface area contributed by atoms with E-state index in [1.54, 1.807) is 0 Å². The summed E-state index contributed by atoms with van der Waals surface area (Å²) in [6, 6.07) is 15.3. The molecule has 7 nitrogen and oxygen atoms in total. The van der Waals surface area contributed by atoms with E-state index in [1.807, 2.05) is 53.4 Å². The number of anilines is 1. The molecule has 0 aliphatic carbocycles. The van der Waals surface area contributed by atoms with Gasteiger partial charge in [-0.2, -0.15) is 13.2 Å². The molecule has 1 aliphatic heterocycles. The molecular weight excluding hydrogens is 415 g/mol. The number of carboxylic acid groups (broad SMARTS) is 1. The molecule has 0 spiro atoms. The van der Waals surface area contributed by atoms with Gasteiger partial charge >= 0.3 is 12.1 Å². The van der Waals surface area contributed by atoms with Crippen LogP contribution < -0.4 is 10.6 Å². The van der Waals surface area contributed by atoms with Gasteiger partial charge in [0.05, 0.1) is 0 Å². The van der Waals surface area contributed by atoms with E-state index in [0.29, 0.717) is 5.56 Å². The van der Waals surface area contributed by atoms with Crippen LogP contribution in [0.5, 0.6) is 0 Å². The molecular formula is C21H22F3N3O4. The van der Waals surface area contributed by atoms with Crippen molar-refractivity contribution in [1.29, 1.82) is 0 Å². The summed E-state index contributed by atoms with van der Waals surface area (Å²) in [4.78, 5) is 34.4. The predicted octanol–water partition coefficient (Wildman–Crippen LogP) is 2.99. The van der Waals surface area contributed by atoms with Crippen molar-refractivity contribution in [3.8, 4) is 11.1 Å². The fourth-order valence-corrected chi connectivity index (χ4v) is 2.84. The van der Waals surface area contributed by atoms with Crippen molar-refractivity contribution in [2.45, 2.75) is 13.1 Å². The van der Waals surface area contributed by atoms with Crippen LogP contribution in [0.25, 0.3) is 11.1 Å². The summed E-state index contributed by atoms with van der Waals surface area (Å²) in [6.45, 7) is 4.68. The number of alkyl halides is 3. The average Bonchev–Trinajstić information content (AvgIpc) is 2.73. The number of rotatable bonds is 3. The Hall–Kier alpha value is -3.40. The smallest absolute Gasteiger partial charge is 0.475 e. The number of hydrogen-bond donors (Lipinski definition) is 3. The number of aliphatic carboxylic acids is 1. The van der Waals surface area contributed by atoms with Gasteiger partial charge in [-0.15, -0.1) is 0 Å². The normalized spacial score (nSPS) is 13.6. The Bertz CT molecular complexity index is 924. The molecule has 0 bridgehead atoms. The first-order valence-corrected chi connectivity index (χ1v) is 9.36. The molecule has 0 radical (unpaired) electrons. The Morgan fingerprint density at radius 3 is 2.10 bits per heavy atom. The fourth-order valence-electron chi connectivity index (χ4n) is 2.84. The first kappa shape index (κ1) is 23.9. The van der Waals surface area contributed by atoms with E-state index in [0.717, 1.165) is 43.0 Å². The summed E-state index contributed by atoms with van der Waals surface area (Å²) in [5.41, 5.74) is 3.49. The van der Waals surface area contributed by atoms with Crippen LogP contribution in [-0.2, 0) is 9.59 Å². The topological polar surface area (TPSA) is 98.7 Å². The molecule has 3 rings (SSSR count). The number of nitrogens with zero attached hydrogens (tertiary/aromatic N) is 1. The SMILES string of the molecule is CC(=O)Nc1cccc(-c2ccc(C(=O)N3CCNCC3)cc2)c1.O=C(O)C(F)(F)F. The number of carboxylic acids is 1. The summed E-state index contributed by atoms with van der Waals surface area (Å²) in [7, 11) is 0. The van der Waals surface area contributed by atoms with Gasteiger partial charge in [0.15, 0.2) is 0 Å². The lowest BCUT2D eigenvalue weighted by molar-refractivity contribution is -0.192. The van der Waals surface area contributed by atoms with E-state index < -0.39 is 12.1 Å². The third-order valence-electron chi connectivity index (χ3n) is 4.29. The van der Waals surface area contributed by atoms with Gasteiger partial charge in [0, 0.05) is 44.4 Å².